The van der Waals surface area contributed by atoms with E-state index in [1.54, 1.807) is 19.2 Å². The van der Waals surface area contributed by atoms with E-state index in [0.717, 1.165) is 9.86 Å². The Kier molecular flexibility index (Phi) is 3.35. The number of carbonyl (C=O) groups is 1. The topological polar surface area (TPSA) is 39.4 Å². The monoisotopic (exact) mass is 346 g/mol. The van der Waals surface area contributed by atoms with E-state index in [1.807, 2.05) is 6.07 Å². The molecule has 1 heterocycles. The first kappa shape index (κ1) is 11.7. The molecular weight excluding hydrogens is 340 g/mol. The largest absolute Gasteiger partial charge is 0.493 e. The van der Waals surface area contributed by atoms with Crippen molar-refractivity contribution in [2.75, 3.05) is 12.4 Å². The quantitative estimate of drug-likeness (QED) is 0.626. The molecule has 0 unspecified atom stereocenters. The number of Topliss-reactive ketones (excluding diaryl/α,β-unsaturated/α-hetero) is 1. The number of halogens is 2. The number of hydrogen-bond donors (Lipinski definition) is 0. The van der Waals surface area contributed by atoms with E-state index in [-0.39, 0.29) is 11.1 Å². The van der Waals surface area contributed by atoms with Crippen LogP contribution in [0.2, 0.25) is 0 Å². The predicted molar refractivity (Wildman–Crippen MR) is 68.6 cm³/mol. The lowest BCUT2D eigenvalue weighted by Gasteiger charge is -2.00. The lowest BCUT2D eigenvalue weighted by Crippen LogP contribution is -1.96. The molecule has 0 aliphatic heterocycles. The lowest BCUT2D eigenvalue weighted by molar-refractivity contribution is 0.0995. The van der Waals surface area contributed by atoms with Crippen LogP contribution in [0.4, 0.5) is 0 Å². The van der Waals surface area contributed by atoms with Crippen molar-refractivity contribution in [2.45, 2.75) is 0 Å². The number of carbonyl (C=O) groups excluding carboxylic acids is 1. The minimum Gasteiger partial charge on any atom is -0.493 e. The molecule has 0 amide bonds. The fourth-order valence-corrected chi connectivity index (χ4v) is 2.13. The fraction of sp³-hybridized carbons (Fsp3) is 0.182. The van der Waals surface area contributed by atoms with E-state index in [9.17, 15) is 4.79 Å². The molecule has 0 bridgehead atoms. The van der Waals surface area contributed by atoms with Crippen molar-refractivity contribution < 1.29 is 13.9 Å². The third-order valence-corrected chi connectivity index (χ3v) is 3.41. The highest BCUT2D eigenvalue weighted by Gasteiger charge is 2.15. The Morgan fingerprint density at radius 1 is 1.50 bits per heavy atom. The van der Waals surface area contributed by atoms with Crippen LogP contribution in [0.15, 0.2) is 27.1 Å². The molecule has 5 heteroatoms. The Morgan fingerprint density at radius 2 is 2.25 bits per heavy atom. The van der Waals surface area contributed by atoms with Crippen molar-refractivity contribution in [3.05, 3.63) is 28.4 Å². The molecule has 0 radical (unpaired) electrons. The van der Waals surface area contributed by atoms with Gasteiger partial charge in [-0.25, -0.2) is 0 Å². The Morgan fingerprint density at radius 3 is 2.88 bits per heavy atom. The van der Waals surface area contributed by atoms with Gasteiger partial charge < -0.3 is 9.15 Å². The average molecular weight is 348 g/mol. The zero-order chi connectivity index (χ0) is 11.7. The van der Waals surface area contributed by atoms with E-state index in [0.29, 0.717) is 17.1 Å². The van der Waals surface area contributed by atoms with Crippen LogP contribution in [0, 0.1) is 0 Å². The highest BCUT2D eigenvalue weighted by atomic mass is 79.9. The fourth-order valence-electron chi connectivity index (χ4n) is 1.43. The first-order valence-corrected chi connectivity index (χ1v) is 6.44. The number of fused-ring (bicyclic) bond motifs is 1. The molecule has 2 aromatic rings. The summed E-state index contributed by atoms with van der Waals surface area (Å²) in [7, 11) is 1.57. The Balaban J connectivity index is 2.68. The van der Waals surface area contributed by atoms with Gasteiger partial charge in [0.1, 0.15) is 0 Å². The number of benzene rings is 1. The molecule has 0 aliphatic rings. The third-order valence-electron chi connectivity index (χ3n) is 2.21. The molecule has 2 rings (SSSR count). The summed E-state index contributed by atoms with van der Waals surface area (Å²) in [6.45, 7) is 0. The first-order valence-electron chi connectivity index (χ1n) is 4.52. The van der Waals surface area contributed by atoms with E-state index in [4.69, 9.17) is 9.15 Å². The van der Waals surface area contributed by atoms with E-state index >= 15 is 0 Å². The van der Waals surface area contributed by atoms with Crippen molar-refractivity contribution in [3.63, 3.8) is 0 Å². The van der Waals surface area contributed by atoms with Gasteiger partial charge in [0, 0.05) is 9.86 Å². The van der Waals surface area contributed by atoms with Crippen LogP contribution in [0.1, 0.15) is 10.6 Å². The number of ketones is 1. The summed E-state index contributed by atoms with van der Waals surface area (Å²) >= 11 is 6.52. The minimum absolute atomic E-state index is 0.0925. The maximum absolute atomic E-state index is 11.5. The van der Waals surface area contributed by atoms with Crippen molar-refractivity contribution in [3.8, 4) is 5.75 Å². The van der Waals surface area contributed by atoms with Crippen LogP contribution in [0.3, 0.4) is 0 Å². The summed E-state index contributed by atoms with van der Waals surface area (Å²) in [6.07, 6.45) is 0. The number of ether oxygens (including phenoxy) is 1. The van der Waals surface area contributed by atoms with Gasteiger partial charge in [0.05, 0.1) is 12.4 Å². The highest BCUT2D eigenvalue weighted by molar-refractivity contribution is 9.10. The Labute approximate surface area is 109 Å². The second-order valence-corrected chi connectivity index (χ2v) is 4.57. The molecule has 1 aromatic carbocycles. The van der Waals surface area contributed by atoms with Crippen LogP contribution in [0.25, 0.3) is 11.0 Å². The normalized spacial score (nSPS) is 10.7. The van der Waals surface area contributed by atoms with Gasteiger partial charge in [-0.05, 0) is 18.2 Å². The molecule has 0 aliphatic carbocycles. The van der Waals surface area contributed by atoms with Crippen molar-refractivity contribution >= 4 is 48.6 Å². The van der Waals surface area contributed by atoms with E-state index in [2.05, 4.69) is 31.9 Å². The lowest BCUT2D eigenvalue weighted by atomic mass is 10.2. The van der Waals surface area contributed by atoms with Gasteiger partial charge in [-0.1, -0.05) is 31.9 Å². The average Bonchev–Trinajstić information content (AvgIpc) is 2.74. The van der Waals surface area contributed by atoms with Gasteiger partial charge in [-0.3, -0.25) is 4.79 Å². The van der Waals surface area contributed by atoms with Crippen LogP contribution in [-0.4, -0.2) is 18.2 Å². The van der Waals surface area contributed by atoms with Crippen LogP contribution in [-0.2, 0) is 0 Å². The predicted octanol–water partition coefficient (Wildman–Crippen LogP) is 3.78. The maximum atomic E-state index is 11.5. The molecule has 84 valence electrons. The molecule has 0 spiro atoms. The number of methoxy groups -OCH3 is 1. The molecule has 0 fully saturated rings. The summed E-state index contributed by atoms with van der Waals surface area (Å²) in [5.41, 5.74) is 0.584. The standard InChI is InChI=1S/C11H8Br2O3/c1-15-9-3-2-7(13)6-4-10(8(14)5-12)16-11(6)9/h2-4H,5H2,1H3. The summed E-state index contributed by atoms with van der Waals surface area (Å²) in [6, 6.07) is 5.36. The SMILES string of the molecule is COc1ccc(Br)c2cc(C(=O)CBr)oc12. The Hall–Kier alpha value is -0.810. The highest BCUT2D eigenvalue weighted by Crippen LogP contribution is 2.34. The van der Waals surface area contributed by atoms with Gasteiger partial charge in [-0.15, -0.1) is 0 Å². The molecule has 0 atom stereocenters. The van der Waals surface area contributed by atoms with Gasteiger partial charge in [0.15, 0.2) is 17.1 Å². The second-order valence-electron chi connectivity index (χ2n) is 3.16. The summed E-state index contributed by atoms with van der Waals surface area (Å²) < 4.78 is 11.5. The number of rotatable bonds is 3. The molecule has 0 N–H and O–H groups in total. The van der Waals surface area contributed by atoms with Crippen LogP contribution < -0.4 is 4.74 Å². The van der Waals surface area contributed by atoms with E-state index < -0.39 is 0 Å². The van der Waals surface area contributed by atoms with Gasteiger partial charge in [-0.2, -0.15) is 0 Å². The first-order chi connectivity index (χ1) is 7.67. The molecule has 0 saturated carbocycles. The summed E-state index contributed by atoms with van der Waals surface area (Å²) in [5.74, 6) is 0.856. The molecular formula is C11H8Br2O3. The molecule has 0 saturated heterocycles. The molecule has 1 aromatic heterocycles. The van der Waals surface area contributed by atoms with Crippen LogP contribution in [0.5, 0.6) is 5.75 Å². The van der Waals surface area contributed by atoms with Crippen molar-refractivity contribution in [2.24, 2.45) is 0 Å². The van der Waals surface area contributed by atoms with E-state index in [1.165, 1.54) is 0 Å². The van der Waals surface area contributed by atoms with Crippen LogP contribution >= 0.6 is 31.9 Å². The minimum atomic E-state index is -0.0925. The van der Waals surface area contributed by atoms with Gasteiger partial charge in [0.25, 0.3) is 0 Å². The van der Waals surface area contributed by atoms with Crippen molar-refractivity contribution in [1.82, 2.24) is 0 Å². The molecule has 3 nitrogen and oxygen atoms in total. The zero-order valence-electron chi connectivity index (χ0n) is 8.42. The Bertz CT molecular complexity index is 545. The number of alkyl halides is 1. The van der Waals surface area contributed by atoms with Gasteiger partial charge in [0.2, 0.25) is 5.78 Å². The smallest absolute Gasteiger partial charge is 0.208 e. The third kappa shape index (κ3) is 1.89. The van der Waals surface area contributed by atoms with Crippen molar-refractivity contribution in [1.29, 1.82) is 0 Å². The summed E-state index contributed by atoms with van der Waals surface area (Å²) in [4.78, 5) is 11.5. The second kappa shape index (κ2) is 4.59. The number of hydrogen-bond acceptors (Lipinski definition) is 3. The number of furan rings is 1. The molecule has 16 heavy (non-hydrogen) atoms. The van der Waals surface area contributed by atoms with Gasteiger partial charge >= 0.3 is 0 Å². The summed E-state index contributed by atoms with van der Waals surface area (Å²) in [5, 5.41) is 1.08. The maximum Gasteiger partial charge on any atom is 0.208 e. The zero-order valence-corrected chi connectivity index (χ0v) is 11.6.